The molecule has 0 bridgehead atoms. The van der Waals surface area contributed by atoms with Crippen LogP contribution in [-0.4, -0.2) is 50.5 Å². The zero-order chi connectivity index (χ0) is 16.4. The summed E-state index contributed by atoms with van der Waals surface area (Å²) < 4.78 is 0. The van der Waals surface area contributed by atoms with E-state index in [4.69, 9.17) is 0 Å². The third-order valence-electron chi connectivity index (χ3n) is 3.50. The van der Waals surface area contributed by atoms with Crippen LogP contribution in [0.4, 0.5) is 0 Å². The van der Waals surface area contributed by atoms with E-state index in [1.165, 1.54) is 5.56 Å². The number of halogens is 1. The molecule has 2 N–H and O–H groups in total. The van der Waals surface area contributed by atoms with Gasteiger partial charge < -0.3 is 15.5 Å². The third kappa shape index (κ3) is 8.20. The Morgan fingerprint density at radius 1 is 1.17 bits per heavy atom. The number of nitrogens with zero attached hydrogens (tertiary/aromatic N) is 2. The minimum Gasteiger partial charge on any atom is -0.357 e. The second kappa shape index (κ2) is 12.2. The molecule has 0 aliphatic carbocycles. The van der Waals surface area contributed by atoms with Crippen LogP contribution in [0.3, 0.4) is 0 Å². The molecule has 0 aliphatic rings. The fourth-order valence-corrected chi connectivity index (χ4v) is 2.07. The number of nitrogens with one attached hydrogen (secondary N) is 2. The first-order valence-corrected chi connectivity index (χ1v) is 7.85. The number of rotatable bonds is 7. The lowest BCUT2D eigenvalue weighted by Gasteiger charge is -2.18. The second-order valence-electron chi connectivity index (χ2n) is 5.38. The van der Waals surface area contributed by atoms with Gasteiger partial charge in [0.1, 0.15) is 6.54 Å². The van der Waals surface area contributed by atoms with Crippen molar-refractivity contribution in [2.24, 2.45) is 4.99 Å². The molecule has 0 fully saturated rings. The number of aliphatic imine (C=N–C) groups is 1. The van der Waals surface area contributed by atoms with E-state index in [0.29, 0.717) is 11.9 Å². The monoisotopic (exact) mass is 432 g/mol. The maximum atomic E-state index is 11.6. The van der Waals surface area contributed by atoms with Gasteiger partial charge in [0.05, 0.1) is 0 Å². The Hall–Kier alpha value is -1.31. The quantitative estimate of drug-likeness (QED) is 0.396. The van der Waals surface area contributed by atoms with Crippen LogP contribution in [0.1, 0.15) is 31.7 Å². The van der Waals surface area contributed by atoms with E-state index in [-0.39, 0.29) is 36.4 Å². The standard InChI is InChI=1S/C17H28N4O.HI/c1-5-14(15-10-8-7-9-11-15)12-19-17(18-6-2)20-13-16(22)21(3)4;/h7-11,14H,5-6,12-13H2,1-4H3,(H2,18,19,20);1H. The smallest absolute Gasteiger partial charge is 0.243 e. The van der Waals surface area contributed by atoms with Crippen molar-refractivity contribution in [3.63, 3.8) is 0 Å². The minimum atomic E-state index is -0.00713. The number of guanidine groups is 1. The molecule has 130 valence electrons. The molecule has 1 aromatic carbocycles. The van der Waals surface area contributed by atoms with Crippen LogP contribution in [0, 0.1) is 0 Å². The van der Waals surface area contributed by atoms with Crippen LogP contribution in [-0.2, 0) is 4.79 Å². The summed E-state index contributed by atoms with van der Waals surface area (Å²) in [5.41, 5.74) is 1.32. The van der Waals surface area contributed by atoms with Crippen LogP contribution < -0.4 is 10.6 Å². The van der Waals surface area contributed by atoms with E-state index in [0.717, 1.165) is 19.5 Å². The summed E-state index contributed by atoms with van der Waals surface area (Å²) in [6, 6.07) is 10.5. The Labute approximate surface area is 157 Å². The van der Waals surface area contributed by atoms with Gasteiger partial charge in [0.2, 0.25) is 5.91 Å². The zero-order valence-electron chi connectivity index (χ0n) is 14.5. The van der Waals surface area contributed by atoms with Gasteiger partial charge in [0.15, 0.2) is 5.96 Å². The summed E-state index contributed by atoms with van der Waals surface area (Å²) in [5.74, 6) is 1.11. The molecule has 6 heteroatoms. The van der Waals surface area contributed by atoms with Gasteiger partial charge in [-0.15, -0.1) is 24.0 Å². The largest absolute Gasteiger partial charge is 0.357 e. The van der Waals surface area contributed by atoms with Crippen molar-refractivity contribution in [2.45, 2.75) is 26.2 Å². The van der Waals surface area contributed by atoms with E-state index >= 15 is 0 Å². The van der Waals surface area contributed by atoms with Crippen molar-refractivity contribution in [1.82, 2.24) is 15.5 Å². The summed E-state index contributed by atoms with van der Waals surface area (Å²) >= 11 is 0. The van der Waals surface area contributed by atoms with E-state index in [1.807, 2.05) is 13.0 Å². The van der Waals surface area contributed by atoms with Gasteiger partial charge >= 0.3 is 0 Å². The molecule has 0 spiro atoms. The maximum Gasteiger partial charge on any atom is 0.243 e. The van der Waals surface area contributed by atoms with Crippen molar-refractivity contribution in [1.29, 1.82) is 0 Å². The first kappa shape index (κ1) is 21.7. The van der Waals surface area contributed by atoms with Gasteiger partial charge in [-0.05, 0) is 18.9 Å². The van der Waals surface area contributed by atoms with Crippen molar-refractivity contribution in [2.75, 3.05) is 33.7 Å². The highest BCUT2D eigenvalue weighted by Crippen LogP contribution is 2.17. The lowest BCUT2D eigenvalue weighted by molar-refractivity contribution is -0.127. The fraction of sp³-hybridized carbons (Fsp3) is 0.529. The van der Waals surface area contributed by atoms with E-state index < -0.39 is 0 Å². The van der Waals surface area contributed by atoms with Gasteiger partial charge in [0.25, 0.3) is 0 Å². The Bertz CT molecular complexity index is 477. The highest BCUT2D eigenvalue weighted by Gasteiger charge is 2.10. The molecular formula is C17H29IN4O. The van der Waals surface area contributed by atoms with E-state index in [9.17, 15) is 4.79 Å². The average molecular weight is 432 g/mol. The lowest BCUT2D eigenvalue weighted by Crippen LogP contribution is -2.40. The first-order chi connectivity index (χ1) is 10.6. The number of hydrogen-bond donors (Lipinski definition) is 2. The van der Waals surface area contributed by atoms with Gasteiger partial charge in [-0.25, -0.2) is 4.99 Å². The second-order valence-corrected chi connectivity index (χ2v) is 5.38. The number of carbonyl (C=O) groups is 1. The van der Waals surface area contributed by atoms with E-state index in [1.54, 1.807) is 19.0 Å². The van der Waals surface area contributed by atoms with E-state index in [2.05, 4.69) is 46.8 Å². The average Bonchev–Trinajstić information content (AvgIpc) is 2.53. The SMILES string of the molecule is CCNC(=NCC(=O)N(C)C)NCC(CC)c1ccccc1.I. The lowest BCUT2D eigenvalue weighted by atomic mass is 9.97. The number of carbonyl (C=O) groups excluding carboxylic acids is 1. The first-order valence-electron chi connectivity index (χ1n) is 7.85. The molecule has 1 aromatic rings. The highest BCUT2D eigenvalue weighted by atomic mass is 127. The number of hydrogen-bond acceptors (Lipinski definition) is 2. The van der Waals surface area contributed by atoms with Crippen molar-refractivity contribution >= 4 is 35.8 Å². The Morgan fingerprint density at radius 2 is 1.83 bits per heavy atom. The molecule has 23 heavy (non-hydrogen) atoms. The molecule has 0 saturated heterocycles. The normalized spacial score (nSPS) is 12.1. The highest BCUT2D eigenvalue weighted by molar-refractivity contribution is 14.0. The number of amides is 1. The predicted octanol–water partition coefficient (Wildman–Crippen LogP) is 2.44. The number of benzene rings is 1. The van der Waals surface area contributed by atoms with Gasteiger partial charge in [-0.2, -0.15) is 0 Å². The Morgan fingerprint density at radius 3 is 2.35 bits per heavy atom. The van der Waals surface area contributed by atoms with Gasteiger partial charge in [-0.3, -0.25) is 4.79 Å². The summed E-state index contributed by atoms with van der Waals surface area (Å²) in [6.45, 7) is 5.91. The third-order valence-corrected chi connectivity index (χ3v) is 3.50. The van der Waals surface area contributed by atoms with Crippen LogP contribution in [0.15, 0.2) is 35.3 Å². The molecule has 1 amide bonds. The Kier molecular flexibility index (Phi) is 11.5. The summed E-state index contributed by atoms with van der Waals surface area (Å²) in [5, 5.41) is 6.51. The summed E-state index contributed by atoms with van der Waals surface area (Å²) in [6.07, 6.45) is 1.05. The van der Waals surface area contributed by atoms with Crippen molar-refractivity contribution < 1.29 is 4.79 Å². The summed E-state index contributed by atoms with van der Waals surface area (Å²) in [7, 11) is 3.47. The fourth-order valence-electron chi connectivity index (χ4n) is 2.07. The zero-order valence-corrected chi connectivity index (χ0v) is 16.8. The van der Waals surface area contributed by atoms with Crippen LogP contribution in [0.25, 0.3) is 0 Å². The predicted molar refractivity (Wildman–Crippen MR) is 108 cm³/mol. The van der Waals surface area contributed by atoms with Crippen LogP contribution >= 0.6 is 24.0 Å². The maximum absolute atomic E-state index is 11.6. The summed E-state index contributed by atoms with van der Waals surface area (Å²) in [4.78, 5) is 17.5. The molecule has 0 aromatic heterocycles. The van der Waals surface area contributed by atoms with Gasteiger partial charge in [0, 0.05) is 33.1 Å². The molecule has 1 rings (SSSR count). The molecule has 0 radical (unpaired) electrons. The molecule has 5 nitrogen and oxygen atoms in total. The van der Waals surface area contributed by atoms with Crippen LogP contribution in [0.5, 0.6) is 0 Å². The molecule has 1 atom stereocenters. The van der Waals surface area contributed by atoms with Crippen molar-refractivity contribution in [3.8, 4) is 0 Å². The van der Waals surface area contributed by atoms with Crippen molar-refractivity contribution in [3.05, 3.63) is 35.9 Å². The molecular weight excluding hydrogens is 403 g/mol. The van der Waals surface area contributed by atoms with Gasteiger partial charge in [-0.1, -0.05) is 37.3 Å². The molecule has 0 saturated carbocycles. The number of likely N-dealkylation sites (N-methyl/N-ethyl adjacent to an activating group) is 1. The Balaban J connectivity index is 0.00000484. The molecule has 0 aliphatic heterocycles. The molecule has 0 heterocycles. The van der Waals surface area contributed by atoms with Crippen LogP contribution in [0.2, 0.25) is 0 Å². The molecule has 1 unspecified atom stereocenters. The topological polar surface area (TPSA) is 56.7 Å². The minimum absolute atomic E-state index is 0.